The number of nitrogens with zero attached hydrogens (tertiary/aromatic N) is 1. The summed E-state index contributed by atoms with van der Waals surface area (Å²) in [6, 6.07) is 5.35. The molecule has 21 heavy (non-hydrogen) atoms. The SMILES string of the molecule is CN=C(NCCNC(=O)c1ccc(Cl)c(Cl)c1)NC1CC1. The van der Waals surface area contributed by atoms with Crippen LogP contribution in [0, 0.1) is 0 Å². The fraction of sp³-hybridized carbons (Fsp3) is 0.429. The quantitative estimate of drug-likeness (QED) is 0.440. The highest BCUT2D eigenvalue weighted by atomic mass is 35.5. The van der Waals surface area contributed by atoms with Crippen LogP contribution in [0.4, 0.5) is 0 Å². The fourth-order valence-electron chi connectivity index (χ4n) is 1.71. The first kappa shape index (κ1) is 15.9. The lowest BCUT2D eigenvalue weighted by Gasteiger charge is -2.11. The van der Waals surface area contributed by atoms with Gasteiger partial charge in [0.1, 0.15) is 0 Å². The minimum Gasteiger partial charge on any atom is -0.355 e. The highest BCUT2D eigenvalue weighted by molar-refractivity contribution is 6.42. The lowest BCUT2D eigenvalue weighted by Crippen LogP contribution is -2.42. The molecule has 1 saturated carbocycles. The van der Waals surface area contributed by atoms with Gasteiger partial charge in [0, 0.05) is 31.7 Å². The van der Waals surface area contributed by atoms with E-state index in [1.54, 1.807) is 25.2 Å². The summed E-state index contributed by atoms with van der Waals surface area (Å²) in [6.45, 7) is 1.09. The fourth-order valence-corrected chi connectivity index (χ4v) is 2.01. The zero-order valence-corrected chi connectivity index (χ0v) is 13.3. The van der Waals surface area contributed by atoms with Gasteiger partial charge in [0.2, 0.25) is 0 Å². The normalized spacial score (nSPS) is 14.7. The second-order valence-electron chi connectivity index (χ2n) is 4.80. The van der Waals surface area contributed by atoms with Gasteiger partial charge in [0.05, 0.1) is 10.0 Å². The van der Waals surface area contributed by atoms with Gasteiger partial charge < -0.3 is 16.0 Å². The summed E-state index contributed by atoms with van der Waals surface area (Å²) in [7, 11) is 1.73. The van der Waals surface area contributed by atoms with Crippen LogP contribution >= 0.6 is 23.2 Å². The predicted octanol–water partition coefficient (Wildman–Crippen LogP) is 2.05. The van der Waals surface area contributed by atoms with E-state index in [1.165, 1.54) is 12.8 Å². The van der Waals surface area contributed by atoms with E-state index >= 15 is 0 Å². The Kier molecular flexibility index (Phi) is 5.70. The number of carbonyl (C=O) groups excluding carboxylic acids is 1. The molecule has 1 aliphatic carbocycles. The molecule has 2 rings (SSSR count). The third kappa shape index (κ3) is 5.10. The average Bonchev–Trinajstić information content (AvgIpc) is 3.28. The van der Waals surface area contributed by atoms with Crippen molar-refractivity contribution >= 4 is 35.1 Å². The molecule has 0 saturated heterocycles. The van der Waals surface area contributed by atoms with Crippen LogP contribution in [0.5, 0.6) is 0 Å². The van der Waals surface area contributed by atoms with E-state index in [9.17, 15) is 4.79 Å². The van der Waals surface area contributed by atoms with Crippen LogP contribution in [0.1, 0.15) is 23.2 Å². The maximum atomic E-state index is 11.9. The van der Waals surface area contributed by atoms with Crippen LogP contribution in [-0.4, -0.2) is 38.0 Å². The number of hydrogen-bond acceptors (Lipinski definition) is 2. The summed E-state index contributed by atoms with van der Waals surface area (Å²) in [5, 5.41) is 10.0. The van der Waals surface area contributed by atoms with Crippen molar-refractivity contribution in [3.63, 3.8) is 0 Å². The van der Waals surface area contributed by atoms with Gasteiger partial charge >= 0.3 is 0 Å². The summed E-state index contributed by atoms with van der Waals surface area (Å²) < 4.78 is 0. The second-order valence-corrected chi connectivity index (χ2v) is 5.62. The first-order valence-electron chi connectivity index (χ1n) is 6.80. The summed E-state index contributed by atoms with van der Waals surface area (Å²) in [5.74, 6) is 0.585. The first-order valence-corrected chi connectivity index (χ1v) is 7.56. The number of carbonyl (C=O) groups is 1. The summed E-state index contributed by atoms with van der Waals surface area (Å²) in [4.78, 5) is 16.0. The van der Waals surface area contributed by atoms with Crippen molar-refractivity contribution in [2.45, 2.75) is 18.9 Å². The van der Waals surface area contributed by atoms with Gasteiger partial charge in [0.25, 0.3) is 5.91 Å². The van der Waals surface area contributed by atoms with Gasteiger partial charge in [-0.05, 0) is 31.0 Å². The molecule has 3 N–H and O–H groups in total. The number of halogens is 2. The smallest absolute Gasteiger partial charge is 0.251 e. The molecule has 0 heterocycles. The third-order valence-corrected chi connectivity index (χ3v) is 3.77. The highest BCUT2D eigenvalue weighted by Crippen LogP contribution is 2.22. The molecule has 1 aromatic rings. The number of benzene rings is 1. The van der Waals surface area contributed by atoms with Crippen LogP contribution in [0.2, 0.25) is 10.0 Å². The Morgan fingerprint density at radius 1 is 1.24 bits per heavy atom. The maximum Gasteiger partial charge on any atom is 0.251 e. The zero-order valence-electron chi connectivity index (χ0n) is 11.7. The molecule has 7 heteroatoms. The van der Waals surface area contributed by atoms with Gasteiger partial charge in [-0.2, -0.15) is 0 Å². The Hall–Kier alpha value is -1.46. The Morgan fingerprint density at radius 2 is 1.95 bits per heavy atom. The molecule has 114 valence electrons. The van der Waals surface area contributed by atoms with Crippen molar-refractivity contribution in [1.82, 2.24) is 16.0 Å². The second kappa shape index (κ2) is 7.52. The van der Waals surface area contributed by atoms with Gasteiger partial charge in [-0.3, -0.25) is 9.79 Å². The molecule has 1 aromatic carbocycles. The van der Waals surface area contributed by atoms with Crippen molar-refractivity contribution < 1.29 is 4.79 Å². The molecule has 0 aromatic heterocycles. The Labute approximate surface area is 134 Å². The molecular formula is C14H18Cl2N4O. The highest BCUT2D eigenvalue weighted by Gasteiger charge is 2.21. The van der Waals surface area contributed by atoms with Gasteiger partial charge in [-0.25, -0.2) is 0 Å². The zero-order chi connectivity index (χ0) is 15.2. The third-order valence-electron chi connectivity index (χ3n) is 3.03. The van der Waals surface area contributed by atoms with Gasteiger partial charge in [-0.1, -0.05) is 23.2 Å². The van der Waals surface area contributed by atoms with Gasteiger partial charge in [-0.15, -0.1) is 0 Å². The molecule has 5 nitrogen and oxygen atoms in total. The van der Waals surface area contributed by atoms with Crippen LogP contribution in [-0.2, 0) is 0 Å². The van der Waals surface area contributed by atoms with Crippen molar-refractivity contribution in [2.75, 3.05) is 20.1 Å². The maximum absolute atomic E-state index is 11.9. The Bertz CT molecular complexity index is 544. The molecule has 0 atom stereocenters. The lowest BCUT2D eigenvalue weighted by molar-refractivity contribution is 0.0954. The Balaban J connectivity index is 1.72. The van der Waals surface area contributed by atoms with Crippen molar-refractivity contribution in [2.24, 2.45) is 4.99 Å². The van der Waals surface area contributed by atoms with Crippen LogP contribution in [0.25, 0.3) is 0 Å². The van der Waals surface area contributed by atoms with E-state index in [4.69, 9.17) is 23.2 Å². The molecule has 1 amide bonds. The minimum absolute atomic E-state index is 0.180. The molecule has 0 radical (unpaired) electrons. The average molecular weight is 329 g/mol. The lowest BCUT2D eigenvalue weighted by atomic mass is 10.2. The number of rotatable bonds is 5. The molecule has 0 spiro atoms. The summed E-state index contributed by atoms with van der Waals surface area (Å²) in [6.07, 6.45) is 2.38. The van der Waals surface area contributed by atoms with E-state index < -0.39 is 0 Å². The van der Waals surface area contributed by atoms with E-state index in [0.717, 1.165) is 5.96 Å². The minimum atomic E-state index is -0.180. The summed E-state index contributed by atoms with van der Waals surface area (Å²) >= 11 is 11.7. The molecule has 0 bridgehead atoms. The van der Waals surface area contributed by atoms with Crippen molar-refractivity contribution in [3.8, 4) is 0 Å². The van der Waals surface area contributed by atoms with E-state index in [1.807, 2.05) is 0 Å². The van der Waals surface area contributed by atoms with E-state index in [0.29, 0.717) is 34.7 Å². The van der Waals surface area contributed by atoms with E-state index in [-0.39, 0.29) is 5.91 Å². The van der Waals surface area contributed by atoms with Gasteiger partial charge in [0.15, 0.2) is 5.96 Å². The molecule has 1 fully saturated rings. The number of guanidine groups is 1. The number of aliphatic imine (C=N–C) groups is 1. The molecule has 0 unspecified atom stereocenters. The standard InChI is InChI=1S/C14H18Cl2N4O/c1-17-14(20-10-3-4-10)19-7-6-18-13(21)9-2-5-11(15)12(16)8-9/h2,5,8,10H,3-4,6-7H2,1H3,(H,18,21)(H2,17,19,20). The van der Waals surface area contributed by atoms with Crippen LogP contribution in [0.3, 0.4) is 0 Å². The molecule has 1 aliphatic rings. The largest absolute Gasteiger partial charge is 0.355 e. The summed E-state index contributed by atoms with van der Waals surface area (Å²) in [5.41, 5.74) is 0.491. The van der Waals surface area contributed by atoms with Crippen LogP contribution < -0.4 is 16.0 Å². The monoisotopic (exact) mass is 328 g/mol. The molecular weight excluding hydrogens is 311 g/mol. The van der Waals surface area contributed by atoms with Crippen LogP contribution in [0.15, 0.2) is 23.2 Å². The van der Waals surface area contributed by atoms with Crippen molar-refractivity contribution in [3.05, 3.63) is 33.8 Å². The number of amides is 1. The number of hydrogen-bond donors (Lipinski definition) is 3. The molecule has 0 aliphatic heterocycles. The predicted molar refractivity (Wildman–Crippen MR) is 86.3 cm³/mol. The topological polar surface area (TPSA) is 65.5 Å². The Morgan fingerprint density at radius 3 is 2.57 bits per heavy atom. The van der Waals surface area contributed by atoms with E-state index in [2.05, 4.69) is 20.9 Å². The first-order chi connectivity index (χ1) is 10.1. The van der Waals surface area contributed by atoms with Crippen molar-refractivity contribution in [1.29, 1.82) is 0 Å². The number of nitrogens with one attached hydrogen (secondary N) is 3.